The van der Waals surface area contributed by atoms with E-state index in [2.05, 4.69) is 41.6 Å². The van der Waals surface area contributed by atoms with Gasteiger partial charge in [0.2, 0.25) is 4.96 Å². The molecule has 0 aliphatic rings. The summed E-state index contributed by atoms with van der Waals surface area (Å²) in [5, 5.41) is 1.78. The van der Waals surface area contributed by atoms with Crippen molar-refractivity contribution in [1.82, 2.24) is 14.0 Å². The molecule has 166 valence electrons. The predicted octanol–water partition coefficient (Wildman–Crippen LogP) is 4.55. The molecule has 5 aromatic rings. The first-order valence-corrected chi connectivity index (χ1v) is 11.8. The van der Waals surface area contributed by atoms with Crippen LogP contribution in [0.4, 0.5) is 0 Å². The Balaban J connectivity index is 1.79. The van der Waals surface area contributed by atoms with Gasteiger partial charge >= 0.3 is 0 Å². The van der Waals surface area contributed by atoms with Crippen molar-refractivity contribution in [2.45, 2.75) is 34.2 Å². The highest BCUT2D eigenvalue weighted by molar-refractivity contribution is 7.15. The van der Waals surface area contributed by atoms with E-state index in [-0.39, 0.29) is 11.1 Å². The number of benzene rings is 2. The topological polar surface area (TPSA) is 56.4 Å². The van der Waals surface area contributed by atoms with Gasteiger partial charge in [-0.25, -0.2) is 9.38 Å². The summed E-state index contributed by atoms with van der Waals surface area (Å²) in [5.41, 5.74) is 5.75. The monoisotopic (exact) mass is 475 g/mol. The van der Waals surface area contributed by atoms with Crippen LogP contribution in [-0.2, 0) is 6.54 Å². The Labute approximate surface area is 199 Å². The smallest absolute Gasteiger partial charge is 0.277 e. The summed E-state index contributed by atoms with van der Waals surface area (Å²) < 4.78 is 3.90. The molecule has 0 radical (unpaired) electrons. The number of rotatable bonds is 3. The number of hydrogen-bond acceptors (Lipinski definition) is 4. The van der Waals surface area contributed by atoms with E-state index < -0.39 is 0 Å². The lowest BCUT2D eigenvalue weighted by atomic mass is 10.1. The third kappa shape index (κ3) is 3.50. The van der Waals surface area contributed by atoms with Gasteiger partial charge < -0.3 is 4.57 Å². The van der Waals surface area contributed by atoms with Crippen LogP contribution in [0.5, 0.6) is 0 Å². The van der Waals surface area contributed by atoms with E-state index in [0.29, 0.717) is 27.3 Å². The molecule has 0 unspecified atom stereocenters. The van der Waals surface area contributed by atoms with E-state index in [4.69, 9.17) is 11.6 Å². The summed E-state index contributed by atoms with van der Waals surface area (Å²) in [7, 11) is 0. The van der Waals surface area contributed by atoms with Crippen molar-refractivity contribution >= 4 is 44.9 Å². The molecule has 5 nitrogen and oxygen atoms in total. The van der Waals surface area contributed by atoms with Gasteiger partial charge in [-0.2, -0.15) is 0 Å². The zero-order chi connectivity index (χ0) is 23.4. The maximum absolute atomic E-state index is 13.2. The molecular formula is C26H22ClN3O2S. The van der Waals surface area contributed by atoms with Crippen LogP contribution in [0, 0.1) is 27.7 Å². The summed E-state index contributed by atoms with van der Waals surface area (Å²) >= 11 is 7.69. The van der Waals surface area contributed by atoms with Gasteiger partial charge in [0, 0.05) is 45.0 Å². The molecule has 0 spiro atoms. The van der Waals surface area contributed by atoms with Crippen LogP contribution in [0.3, 0.4) is 0 Å². The van der Waals surface area contributed by atoms with Gasteiger partial charge in [0.05, 0.1) is 4.53 Å². The summed E-state index contributed by atoms with van der Waals surface area (Å²) in [6, 6.07) is 14.1. The number of hydrogen-bond donors (Lipinski definition) is 0. The molecule has 0 amide bonds. The first kappa shape index (κ1) is 21.6. The number of aryl methyl sites for hydroxylation is 2. The van der Waals surface area contributed by atoms with Crippen LogP contribution in [0.15, 0.2) is 52.1 Å². The first-order valence-electron chi connectivity index (χ1n) is 10.6. The Bertz CT molecular complexity index is 1740. The van der Waals surface area contributed by atoms with E-state index in [1.165, 1.54) is 15.7 Å². The van der Waals surface area contributed by atoms with Gasteiger partial charge in [-0.15, -0.1) is 0 Å². The highest BCUT2D eigenvalue weighted by Crippen LogP contribution is 2.29. The lowest BCUT2D eigenvalue weighted by molar-refractivity contribution is 0.804. The maximum Gasteiger partial charge on any atom is 0.277 e. The lowest BCUT2D eigenvalue weighted by Gasteiger charge is -2.10. The van der Waals surface area contributed by atoms with Crippen molar-refractivity contribution in [1.29, 1.82) is 0 Å². The van der Waals surface area contributed by atoms with E-state index in [1.807, 2.05) is 30.3 Å². The van der Waals surface area contributed by atoms with Crippen LogP contribution < -0.4 is 15.7 Å². The van der Waals surface area contributed by atoms with Crippen molar-refractivity contribution in [2.75, 3.05) is 0 Å². The van der Waals surface area contributed by atoms with E-state index in [9.17, 15) is 9.59 Å². The van der Waals surface area contributed by atoms with Gasteiger partial charge in [-0.05, 0) is 57.5 Å². The molecule has 5 rings (SSSR count). The standard InChI is InChI=1S/C26H22ClN3O2S/c1-14-9-10-22-20(11-14)19(17(4)29(22)13-18-7-5-6-8-21(18)27)12-23-25(32)30-24(31)15(2)16(3)28-26(30)33-23/h5-12H,13H2,1-4H3/b23-12-. The summed E-state index contributed by atoms with van der Waals surface area (Å²) in [6.45, 7) is 8.22. The Hall–Kier alpha value is -3.22. The van der Waals surface area contributed by atoms with Crippen molar-refractivity contribution in [3.8, 4) is 0 Å². The van der Waals surface area contributed by atoms with Gasteiger partial charge in [-0.3, -0.25) is 9.59 Å². The Morgan fingerprint density at radius 2 is 1.79 bits per heavy atom. The van der Waals surface area contributed by atoms with Gasteiger partial charge in [-0.1, -0.05) is 52.8 Å². The van der Waals surface area contributed by atoms with Gasteiger partial charge in [0.25, 0.3) is 11.1 Å². The fourth-order valence-corrected chi connectivity index (χ4v) is 5.40. The summed E-state index contributed by atoms with van der Waals surface area (Å²) in [5.74, 6) is 0. The largest absolute Gasteiger partial charge is 0.340 e. The average Bonchev–Trinajstić information content (AvgIpc) is 3.22. The highest BCUT2D eigenvalue weighted by atomic mass is 35.5. The number of aromatic nitrogens is 3. The molecule has 2 aromatic carbocycles. The van der Waals surface area contributed by atoms with Crippen LogP contribution in [0.25, 0.3) is 21.9 Å². The number of halogens is 1. The Kier molecular flexibility index (Phi) is 5.22. The van der Waals surface area contributed by atoms with Crippen molar-refractivity contribution in [3.05, 3.63) is 106 Å². The molecule has 0 saturated carbocycles. The van der Waals surface area contributed by atoms with E-state index >= 15 is 0 Å². The Morgan fingerprint density at radius 1 is 1.03 bits per heavy atom. The molecule has 0 atom stereocenters. The molecule has 0 aliphatic heterocycles. The van der Waals surface area contributed by atoms with Crippen molar-refractivity contribution in [2.24, 2.45) is 0 Å². The number of nitrogens with zero attached hydrogens (tertiary/aromatic N) is 3. The molecule has 33 heavy (non-hydrogen) atoms. The van der Waals surface area contributed by atoms with Gasteiger partial charge in [0.15, 0.2) is 0 Å². The van der Waals surface area contributed by atoms with Crippen molar-refractivity contribution in [3.63, 3.8) is 0 Å². The quantitative estimate of drug-likeness (QED) is 0.384. The second-order valence-electron chi connectivity index (χ2n) is 8.36. The van der Waals surface area contributed by atoms with Crippen LogP contribution in [0.1, 0.15) is 33.6 Å². The van der Waals surface area contributed by atoms with Gasteiger partial charge in [0.1, 0.15) is 0 Å². The molecular weight excluding hydrogens is 454 g/mol. The van der Waals surface area contributed by atoms with E-state index in [0.717, 1.165) is 38.3 Å². The minimum Gasteiger partial charge on any atom is -0.340 e. The lowest BCUT2D eigenvalue weighted by Crippen LogP contribution is -2.32. The zero-order valence-electron chi connectivity index (χ0n) is 18.8. The van der Waals surface area contributed by atoms with Crippen LogP contribution in [0.2, 0.25) is 5.02 Å². The van der Waals surface area contributed by atoms with Crippen molar-refractivity contribution < 1.29 is 0 Å². The predicted molar refractivity (Wildman–Crippen MR) is 136 cm³/mol. The van der Waals surface area contributed by atoms with Crippen LogP contribution >= 0.6 is 22.9 Å². The number of thiazole rings is 1. The molecule has 0 fully saturated rings. The second-order valence-corrected chi connectivity index (χ2v) is 9.77. The maximum atomic E-state index is 13.2. The first-order chi connectivity index (χ1) is 15.8. The zero-order valence-corrected chi connectivity index (χ0v) is 20.3. The Morgan fingerprint density at radius 3 is 2.55 bits per heavy atom. The highest BCUT2D eigenvalue weighted by Gasteiger charge is 2.16. The second kappa shape index (κ2) is 7.97. The summed E-state index contributed by atoms with van der Waals surface area (Å²) in [4.78, 5) is 30.7. The summed E-state index contributed by atoms with van der Waals surface area (Å²) in [6.07, 6.45) is 1.89. The minimum atomic E-state index is -0.324. The molecule has 3 heterocycles. The average molecular weight is 476 g/mol. The molecule has 0 aliphatic carbocycles. The SMILES string of the molecule is Cc1ccc2c(c1)c(/C=c1\sc3nc(C)c(C)c(=O)n3c1=O)c(C)n2Cc1ccccc1Cl. The normalized spacial score (nSPS) is 12.3. The van der Waals surface area contributed by atoms with Crippen LogP contribution in [-0.4, -0.2) is 14.0 Å². The fraction of sp³-hybridized carbons (Fsp3) is 0.192. The molecule has 0 N–H and O–H groups in total. The minimum absolute atomic E-state index is 0.299. The fourth-order valence-electron chi connectivity index (χ4n) is 4.21. The molecule has 3 aromatic heterocycles. The third-order valence-electron chi connectivity index (χ3n) is 6.23. The molecule has 7 heteroatoms. The van der Waals surface area contributed by atoms with E-state index in [1.54, 1.807) is 13.8 Å². The molecule has 0 bridgehead atoms. The third-order valence-corrected chi connectivity index (χ3v) is 7.56. The molecule has 0 saturated heterocycles. The number of fused-ring (bicyclic) bond motifs is 2.